The molecule has 0 saturated heterocycles. The molecule has 0 aromatic carbocycles. The van der Waals surface area contributed by atoms with Crippen molar-refractivity contribution in [3.8, 4) is 0 Å². The average molecular weight is 138 g/mol. The fourth-order valence-electron chi connectivity index (χ4n) is 1.39. The normalized spacial score (nSPS) is 33.9. The molecule has 0 unspecified atom stereocenters. The number of hydrogen-bond donors (Lipinski definition) is 0. The molecule has 1 aliphatic carbocycles. The van der Waals surface area contributed by atoms with Crippen molar-refractivity contribution in [3.05, 3.63) is 12.7 Å². The highest BCUT2D eigenvalue weighted by molar-refractivity contribution is 5.81. The number of ketones is 1. The maximum absolute atomic E-state index is 11.1. The third-order valence-corrected chi connectivity index (χ3v) is 2.32. The minimum atomic E-state index is 0.302. The van der Waals surface area contributed by atoms with E-state index in [0.29, 0.717) is 17.6 Å². The largest absolute Gasteiger partial charge is 0.299 e. The second-order valence-corrected chi connectivity index (χ2v) is 3.14. The number of hydrogen-bond acceptors (Lipinski definition) is 1. The molecule has 1 rings (SSSR count). The molecule has 0 aromatic rings. The number of allylic oxidation sites excluding steroid dienone is 1. The van der Waals surface area contributed by atoms with E-state index in [-0.39, 0.29) is 0 Å². The SMILES string of the molecule is C=C[C@@H]1CC[C@@H](C)C(=O)C1. The Hall–Kier alpha value is -0.590. The van der Waals surface area contributed by atoms with Gasteiger partial charge in [-0.05, 0) is 18.8 Å². The molecule has 0 N–H and O–H groups in total. The van der Waals surface area contributed by atoms with Crippen molar-refractivity contribution in [1.82, 2.24) is 0 Å². The quantitative estimate of drug-likeness (QED) is 0.507. The number of rotatable bonds is 1. The first-order chi connectivity index (χ1) is 4.74. The van der Waals surface area contributed by atoms with Gasteiger partial charge in [0.1, 0.15) is 5.78 Å². The van der Waals surface area contributed by atoms with Crippen molar-refractivity contribution in [2.75, 3.05) is 0 Å². The first kappa shape index (κ1) is 7.52. The predicted octanol–water partition coefficient (Wildman–Crippen LogP) is 2.18. The fourth-order valence-corrected chi connectivity index (χ4v) is 1.39. The lowest BCUT2D eigenvalue weighted by molar-refractivity contribution is -0.124. The molecular formula is C9H14O. The molecule has 10 heavy (non-hydrogen) atoms. The zero-order chi connectivity index (χ0) is 7.56. The molecule has 1 heteroatoms. The summed E-state index contributed by atoms with van der Waals surface area (Å²) in [6.45, 7) is 5.71. The van der Waals surface area contributed by atoms with Gasteiger partial charge in [0.15, 0.2) is 0 Å². The molecule has 0 aromatic heterocycles. The molecular weight excluding hydrogens is 124 g/mol. The molecule has 1 fully saturated rings. The molecule has 0 bridgehead atoms. The van der Waals surface area contributed by atoms with Gasteiger partial charge in [-0.1, -0.05) is 13.0 Å². The Kier molecular flexibility index (Phi) is 2.25. The van der Waals surface area contributed by atoms with Crippen LogP contribution in [0, 0.1) is 11.8 Å². The smallest absolute Gasteiger partial charge is 0.136 e. The van der Waals surface area contributed by atoms with Crippen LogP contribution in [-0.4, -0.2) is 5.78 Å². The van der Waals surface area contributed by atoms with E-state index in [1.54, 1.807) is 0 Å². The molecule has 56 valence electrons. The minimum absolute atomic E-state index is 0.302. The summed E-state index contributed by atoms with van der Waals surface area (Å²) in [6, 6.07) is 0. The van der Waals surface area contributed by atoms with Crippen LogP contribution >= 0.6 is 0 Å². The summed E-state index contributed by atoms with van der Waals surface area (Å²) in [4.78, 5) is 11.1. The Labute approximate surface area is 62.1 Å². The number of carbonyl (C=O) groups is 1. The second-order valence-electron chi connectivity index (χ2n) is 3.14. The molecule has 0 aliphatic heterocycles. The third kappa shape index (κ3) is 1.47. The van der Waals surface area contributed by atoms with E-state index in [1.165, 1.54) is 0 Å². The Balaban J connectivity index is 2.48. The van der Waals surface area contributed by atoms with E-state index >= 15 is 0 Å². The van der Waals surface area contributed by atoms with Crippen LogP contribution in [-0.2, 0) is 4.79 Å². The average Bonchev–Trinajstić information content (AvgIpc) is 1.95. The predicted molar refractivity (Wildman–Crippen MR) is 41.7 cm³/mol. The lowest BCUT2D eigenvalue weighted by Crippen LogP contribution is -2.21. The third-order valence-electron chi connectivity index (χ3n) is 2.32. The van der Waals surface area contributed by atoms with Crippen LogP contribution < -0.4 is 0 Å². The van der Waals surface area contributed by atoms with Gasteiger partial charge in [0.25, 0.3) is 0 Å². The zero-order valence-electron chi connectivity index (χ0n) is 6.47. The van der Waals surface area contributed by atoms with Gasteiger partial charge >= 0.3 is 0 Å². The van der Waals surface area contributed by atoms with Crippen LogP contribution in [0.5, 0.6) is 0 Å². The molecule has 0 radical (unpaired) electrons. The van der Waals surface area contributed by atoms with Gasteiger partial charge in [0.2, 0.25) is 0 Å². The van der Waals surface area contributed by atoms with E-state index in [0.717, 1.165) is 19.3 Å². The van der Waals surface area contributed by atoms with E-state index < -0.39 is 0 Å². The van der Waals surface area contributed by atoms with Gasteiger partial charge in [-0.2, -0.15) is 0 Å². The van der Waals surface area contributed by atoms with E-state index in [4.69, 9.17) is 0 Å². The summed E-state index contributed by atoms with van der Waals surface area (Å²) in [6.07, 6.45) is 4.83. The first-order valence-corrected chi connectivity index (χ1v) is 3.89. The lowest BCUT2D eigenvalue weighted by atomic mass is 9.82. The summed E-state index contributed by atoms with van der Waals surface area (Å²) in [5.74, 6) is 1.18. The minimum Gasteiger partial charge on any atom is -0.299 e. The summed E-state index contributed by atoms with van der Waals surface area (Å²) in [7, 11) is 0. The standard InChI is InChI=1S/C9H14O/c1-3-8-5-4-7(2)9(10)6-8/h3,7-8H,1,4-6H2,2H3/t7-,8-/m1/s1. The van der Waals surface area contributed by atoms with Gasteiger partial charge < -0.3 is 0 Å². The van der Waals surface area contributed by atoms with Gasteiger partial charge in [0.05, 0.1) is 0 Å². The highest BCUT2D eigenvalue weighted by atomic mass is 16.1. The maximum atomic E-state index is 11.1. The van der Waals surface area contributed by atoms with Gasteiger partial charge in [-0.15, -0.1) is 6.58 Å². The van der Waals surface area contributed by atoms with Crippen molar-refractivity contribution >= 4 is 5.78 Å². The van der Waals surface area contributed by atoms with Gasteiger partial charge in [-0.25, -0.2) is 0 Å². The molecule has 1 nitrogen and oxygen atoms in total. The Morgan fingerprint density at radius 2 is 2.30 bits per heavy atom. The molecule has 0 heterocycles. The highest BCUT2D eigenvalue weighted by Gasteiger charge is 2.22. The van der Waals surface area contributed by atoms with Crippen molar-refractivity contribution in [1.29, 1.82) is 0 Å². The molecule has 0 spiro atoms. The Bertz CT molecular complexity index is 149. The van der Waals surface area contributed by atoms with Crippen LogP contribution in [0.25, 0.3) is 0 Å². The Morgan fingerprint density at radius 1 is 1.60 bits per heavy atom. The van der Waals surface area contributed by atoms with Crippen LogP contribution in [0.1, 0.15) is 26.2 Å². The zero-order valence-corrected chi connectivity index (χ0v) is 6.47. The van der Waals surface area contributed by atoms with Crippen LogP contribution in [0.2, 0.25) is 0 Å². The molecule has 0 amide bonds. The van der Waals surface area contributed by atoms with E-state index in [2.05, 4.69) is 6.58 Å². The van der Waals surface area contributed by atoms with Crippen molar-refractivity contribution in [2.45, 2.75) is 26.2 Å². The van der Waals surface area contributed by atoms with Crippen molar-refractivity contribution in [2.24, 2.45) is 11.8 Å². The van der Waals surface area contributed by atoms with Crippen LogP contribution in [0.15, 0.2) is 12.7 Å². The van der Waals surface area contributed by atoms with Crippen LogP contribution in [0.3, 0.4) is 0 Å². The fraction of sp³-hybridized carbons (Fsp3) is 0.667. The summed E-state index contributed by atoms with van der Waals surface area (Å²) < 4.78 is 0. The van der Waals surface area contributed by atoms with Gasteiger partial charge in [0, 0.05) is 12.3 Å². The summed E-state index contributed by atoms with van der Waals surface area (Å²) >= 11 is 0. The first-order valence-electron chi connectivity index (χ1n) is 3.89. The maximum Gasteiger partial charge on any atom is 0.136 e. The molecule has 2 atom stereocenters. The van der Waals surface area contributed by atoms with E-state index in [1.807, 2.05) is 13.0 Å². The number of Topliss-reactive ketones (excluding diaryl/α,β-unsaturated/α-hetero) is 1. The van der Waals surface area contributed by atoms with E-state index in [9.17, 15) is 4.79 Å². The summed E-state index contributed by atoms with van der Waals surface area (Å²) in [5.41, 5.74) is 0. The van der Waals surface area contributed by atoms with Crippen LogP contribution in [0.4, 0.5) is 0 Å². The molecule has 1 aliphatic rings. The lowest BCUT2D eigenvalue weighted by Gasteiger charge is -2.21. The number of carbonyl (C=O) groups excluding carboxylic acids is 1. The molecule has 1 saturated carbocycles. The monoisotopic (exact) mass is 138 g/mol. The topological polar surface area (TPSA) is 17.1 Å². The van der Waals surface area contributed by atoms with Gasteiger partial charge in [-0.3, -0.25) is 4.79 Å². The van der Waals surface area contributed by atoms with Crippen molar-refractivity contribution in [3.63, 3.8) is 0 Å². The Morgan fingerprint density at radius 3 is 2.80 bits per heavy atom. The highest BCUT2D eigenvalue weighted by Crippen LogP contribution is 2.25. The van der Waals surface area contributed by atoms with Crippen molar-refractivity contribution < 1.29 is 4.79 Å². The second kappa shape index (κ2) is 3.00. The summed E-state index contributed by atoms with van der Waals surface area (Å²) in [5, 5.41) is 0.